The Morgan fingerprint density at radius 2 is 2.04 bits per heavy atom. The van der Waals surface area contributed by atoms with Crippen LogP contribution in [0, 0.1) is 0 Å². The Hall–Kier alpha value is -2.64. The molecule has 0 saturated heterocycles. The summed E-state index contributed by atoms with van der Waals surface area (Å²) >= 11 is 3.56. The number of anilines is 1. The van der Waals surface area contributed by atoms with E-state index in [2.05, 4.69) is 49.5 Å². The summed E-state index contributed by atoms with van der Waals surface area (Å²) in [6, 6.07) is 16.1. The molecule has 7 heteroatoms. The second kappa shape index (κ2) is 8.16. The van der Waals surface area contributed by atoms with Gasteiger partial charge in [0, 0.05) is 23.2 Å². The minimum absolute atomic E-state index is 0.0822. The number of nitrogens with one attached hydrogen (secondary N) is 1. The van der Waals surface area contributed by atoms with Crippen molar-refractivity contribution >= 4 is 27.6 Å². The van der Waals surface area contributed by atoms with Crippen molar-refractivity contribution in [3.8, 4) is 5.75 Å². The van der Waals surface area contributed by atoms with Crippen LogP contribution < -0.4 is 10.1 Å². The number of aryl methyl sites for hydroxylation is 1. The Balaban J connectivity index is 1.75. The molecule has 1 aromatic heterocycles. The summed E-state index contributed by atoms with van der Waals surface area (Å²) in [5.74, 6) is 2.24. The number of aromatic nitrogens is 3. The van der Waals surface area contributed by atoms with Crippen molar-refractivity contribution in [3.05, 3.63) is 76.0 Å². The van der Waals surface area contributed by atoms with Crippen molar-refractivity contribution in [3.63, 3.8) is 0 Å². The van der Waals surface area contributed by atoms with Gasteiger partial charge in [-0.2, -0.15) is 10.1 Å². The maximum absolute atomic E-state index is 9.12. The number of aliphatic hydroxyl groups is 1. The number of fused-ring (bicyclic) bond motifs is 1. The average molecular weight is 441 g/mol. The van der Waals surface area contributed by atoms with Gasteiger partial charge in [0.25, 0.3) is 0 Å². The lowest BCUT2D eigenvalue weighted by Crippen LogP contribution is -2.20. The van der Waals surface area contributed by atoms with Crippen LogP contribution in [0.2, 0.25) is 0 Å². The highest BCUT2D eigenvalue weighted by Crippen LogP contribution is 2.33. The quantitative estimate of drug-likeness (QED) is 0.605. The van der Waals surface area contributed by atoms with Gasteiger partial charge in [-0.25, -0.2) is 4.68 Å². The predicted molar refractivity (Wildman–Crippen MR) is 112 cm³/mol. The Morgan fingerprint density at radius 1 is 1.21 bits per heavy atom. The third kappa shape index (κ3) is 3.81. The topological polar surface area (TPSA) is 72.2 Å². The molecule has 0 radical (unpaired) electrons. The Bertz CT molecular complexity index is 998. The molecule has 6 nitrogen and oxygen atoms in total. The van der Waals surface area contributed by atoms with E-state index in [0.717, 1.165) is 32.9 Å². The van der Waals surface area contributed by atoms with E-state index in [9.17, 15) is 0 Å². The molecular weight excluding hydrogens is 420 g/mol. The SMILES string of the molecule is COc1ccc(C2=C[C@H](c3cccc(Br)c3)n3nc(CCCO)nc3N2)cc1. The van der Waals surface area contributed by atoms with Gasteiger partial charge >= 0.3 is 0 Å². The monoisotopic (exact) mass is 440 g/mol. The van der Waals surface area contributed by atoms with E-state index >= 15 is 0 Å². The molecule has 1 aliphatic rings. The summed E-state index contributed by atoms with van der Waals surface area (Å²) in [6.45, 7) is 0.127. The van der Waals surface area contributed by atoms with Gasteiger partial charge in [0.15, 0.2) is 5.82 Å². The molecule has 28 heavy (non-hydrogen) atoms. The second-order valence-electron chi connectivity index (χ2n) is 6.56. The highest BCUT2D eigenvalue weighted by atomic mass is 79.9. The normalized spacial score (nSPS) is 15.5. The van der Waals surface area contributed by atoms with Crippen LogP contribution >= 0.6 is 15.9 Å². The van der Waals surface area contributed by atoms with Crippen molar-refractivity contribution in [2.75, 3.05) is 19.0 Å². The van der Waals surface area contributed by atoms with Gasteiger partial charge < -0.3 is 15.2 Å². The van der Waals surface area contributed by atoms with Crippen LogP contribution in [0.1, 0.15) is 29.4 Å². The van der Waals surface area contributed by atoms with Crippen LogP contribution in [-0.2, 0) is 6.42 Å². The highest BCUT2D eigenvalue weighted by Gasteiger charge is 2.25. The third-order valence-electron chi connectivity index (χ3n) is 4.66. The summed E-state index contributed by atoms with van der Waals surface area (Å²) < 4.78 is 8.19. The molecule has 1 atom stereocenters. The van der Waals surface area contributed by atoms with Gasteiger partial charge in [0.05, 0.1) is 7.11 Å². The smallest absolute Gasteiger partial charge is 0.226 e. The average Bonchev–Trinajstić information content (AvgIpc) is 3.14. The van der Waals surface area contributed by atoms with Crippen LogP contribution in [0.5, 0.6) is 5.75 Å². The molecule has 0 aliphatic carbocycles. The van der Waals surface area contributed by atoms with Crippen molar-refractivity contribution in [2.24, 2.45) is 0 Å². The van der Waals surface area contributed by atoms with Crippen molar-refractivity contribution in [1.29, 1.82) is 0 Å². The first-order valence-corrected chi connectivity index (χ1v) is 9.92. The Kier molecular flexibility index (Phi) is 5.45. The molecule has 1 aliphatic heterocycles. The lowest BCUT2D eigenvalue weighted by Gasteiger charge is -2.24. The summed E-state index contributed by atoms with van der Waals surface area (Å²) in [7, 11) is 1.66. The number of ether oxygens (including phenoxy) is 1. The molecule has 3 aromatic rings. The van der Waals surface area contributed by atoms with Gasteiger partial charge in [-0.3, -0.25) is 0 Å². The fourth-order valence-corrected chi connectivity index (χ4v) is 3.66. The number of nitrogens with zero attached hydrogens (tertiary/aromatic N) is 3. The zero-order valence-corrected chi connectivity index (χ0v) is 17.1. The van der Waals surface area contributed by atoms with Crippen LogP contribution in [0.4, 0.5) is 5.95 Å². The first-order valence-electron chi connectivity index (χ1n) is 9.13. The van der Waals surface area contributed by atoms with E-state index in [1.165, 1.54) is 0 Å². The molecule has 0 spiro atoms. The van der Waals surface area contributed by atoms with Gasteiger partial charge in [0.2, 0.25) is 5.95 Å². The molecule has 0 fully saturated rings. The summed E-state index contributed by atoms with van der Waals surface area (Å²) in [5, 5.41) is 17.2. The third-order valence-corrected chi connectivity index (χ3v) is 5.15. The van der Waals surface area contributed by atoms with Crippen LogP contribution in [0.25, 0.3) is 5.70 Å². The number of aliphatic hydroxyl groups excluding tert-OH is 1. The number of hydrogen-bond acceptors (Lipinski definition) is 5. The van der Waals surface area contributed by atoms with Crippen molar-refractivity contribution in [1.82, 2.24) is 14.8 Å². The Morgan fingerprint density at radius 3 is 2.75 bits per heavy atom. The van der Waals surface area contributed by atoms with E-state index in [0.29, 0.717) is 18.8 Å². The summed E-state index contributed by atoms with van der Waals surface area (Å²) in [5.41, 5.74) is 3.13. The van der Waals surface area contributed by atoms with Crippen molar-refractivity contribution < 1.29 is 9.84 Å². The lowest BCUT2D eigenvalue weighted by molar-refractivity contribution is 0.287. The largest absolute Gasteiger partial charge is 0.497 e. The maximum Gasteiger partial charge on any atom is 0.226 e. The minimum atomic E-state index is -0.0822. The van der Waals surface area contributed by atoms with Crippen LogP contribution in [-0.4, -0.2) is 33.6 Å². The lowest BCUT2D eigenvalue weighted by atomic mass is 10.0. The molecule has 2 aromatic carbocycles. The van der Waals surface area contributed by atoms with Gasteiger partial charge in [-0.1, -0.05) is 28.1 Å². The van der Waals surface area contributed by atoms with Gasteiger partial charge in [0.1, 0.15) is 11.8 Å². The molecule has 0 bridgehead atoms. The van der Waals surface area contributed by atoms with E-state index in [4.69, 9.17) is 9.84 Å². The number of allylic oxidation sites excluding steroid dienone is 1. The number of halogens is 1. The number of rotatable bonds is 6. The first-order chi connectivity index (χ1) is 13.7. The first kappa shape index (κ1) is 18.7. The van der Waals surface area contributed by atoms with Crippen LogP contribution in [0.15, 0.2) is 59.1 Å². The second-order valence-corrected chi connectivity index (χ2v) is 7.47. The molecule has 0 saturated carbocycles. The van der Waals surface area contributed by atoms with Gasteiger partial charge in [-0.05, 0) is 60.0 Å². The molecule has 2 heterocycles. The number of hydrogen-bond donors (Lipinski definition) is 2. The summed E-state index contributed by atoms with van der Waals surface area (Å²) in [6.07, 6.45) is 3.44. The van der Waals surface area contributed by atoms with Crippen molar-refractivity contribution in [2.45, 2.75) is 18.9 Å². The van der Waals surface area contributed by atoms with E-state index in [1.807, 2.05) is 41.1 Å². The molecule has 4 rings (SSSR count). The molecule has 0 amide bonds. The zero-order valence-electron chi connectivity index (χ0n) is 15.5. The Labute approximate surface area is 172 Å². The summed E-state index contributed by atoms with van der Waals surface area (Å²) in [4.78, 5) is 4.65. The highest BCUT2D eigenvalue weighted by molar-refractivity contribution is 9.10. The van der Waals surface area contributed by atoms with E-state index in [1.54, 1.807) is 7.11 Å². The van der Waals surface area contributed by atoms with Crippen LogP contribution in [0.3, 0.4) is 0 Å². The number of benzene rings is 2. The minimum Gasteiger partial charge on any atom is -0.497 e. The van der Waals surface area contributed by atoms with E-state index < -0.39 is 0 Å². The number of methoxy groups -OCH3 is 1. The predicted octanol–water partition coefficient (Wildman–Crippen LogP) is 4.03. The molecular formula is C21H21BrN4O2. The van der Waals surface area contributed by atoms with Gasteiger partial charge in [-0.15, -0.1) is 0 Å². The fraction of sp³-hybridized carbons (Fsp3) is 0.238. The molecule has 2 N–H and O–H groups in total. The standard InChI is InChI=1S/C21H21BrN4O2/c1-28-17-9-7-14(8-10-17)18-13-19(15-4-2-5-16(22)12-15)26-21(23-18)24-20(25-26)6-3-11-27/h2,4-5,7-10,12-13,19,27H,3,6,11H2,1H3,(H,23,24,25)/t19-/m1/s1. The van der Waals surface area contributed by atoms with E-state index in [-0.39, 0.29) is 12.6 Å². The maximum atomic E-state index is 9.12. The zero-order chi connectivity index (χ0) is 19.5. The fourth-order valence-electron chi connectivity index (χ4n) is 3.25. The molecule has 0 unspecified atom stereocenters. The molecule has 144 valence electrons.